The molecule has 1 unspecified atom stereocenters. The van der Waals surface area contributed by atoms with Crippen molar-refractivity contribution in [3.63, 3.8) is 0 Å². The minimum Gasteiger partial charge on any atom is -0.508 e. The number of rotatable bonds is 2. The minimum atomic E-state index is -1.09. The molecule has 1 atom stereocenters. The molecule has 2 N–H and O–H groups in total. The van der Waals surface area contributed by atoms with Crippen molar-refractivity contribution in [2.45, 2.75) is 6.42 Å². The van der Waals surface area contributed by atoms with Crippen molar-refractivity contribution in [2.24, 2.45) is 5.41 Å². The van der Waals surface area contributed by atoms with Gasteiger partial charge in [-0.05, 0) is 18.6 Å². The van der Waals surface area contributed by atoms with Crippen LogP contribution in [0.4, 0.5) is 0 Å². The Labute approximate surface area is 81.1 Å². The molecular formula is C10H9NO3. The molecule has 72 valence electrons. The molecule has 14 heavy (non-hydrogen) atoms. The number of hydrogen-bond donors (Lipinski definition) is 2. The van der Waals surface area contributed by atoms with Crippen LogP contribution in [0.15, 0.2) is 36.1 Å². The van der Waals surface area contributed by atoms with E-state index in [-0.39, 0.29) is 12.2 Å². The van der Waals surface area contributed by atoms with Crippen molar-refractivity contribution in [1.29, 1.82) is 5.26 Å². The van der Waals surface area contributed by atoms with Crippen LogP contribution in [0, 0.1) is 16.7 Å². The molecular weight excluding hydrogens is 182 g/mol. The normalized spacial score (nSPS) is 25.8. The third-order valence-electron chi connectivity index (χ3n) is 1.93. The monoisotopic (exact) mass is 191 g/mol. The van der Waals surface area contributed by atoms with Crippen LogP contribution in [-0.4, -0.2) is 16.2 Å². The number of aliphatic hydroxyl groups excluding tert-OH is 1. The number of carboxylic acids is 1. The first-order valence-corrected chi connectivity index (χ1v) is 4.00. The van der Waals surface area contributed by atoms with Gasteiger partial charge in [-0.3, -0.25) is 0 Å². The smallest absolute Gasteiger partial charge is 0.328 e. The number of allylic oxidation sites excluding steroid dienone is 4. The maximum atomic E-state index is 10.3. The molecule has 0 aliphatic heterocycles. The third kappa shape index (κ3) is 2.23. The van der Waals surface area contributed by atoms with Gasteiger partial charge in [-0.15, -0.1) is 0 Å². The average molecular weight is 191 g/mol. The van der Waals surface area contributed by atoms with Crippen LogP contribution >= 0.6 is 0 Å². The summed E-state index contributed by atoms with van der Waals surface area (Å²) in [5, 5.41) is 26.3. The molecule has 0 aromatic carbocycles. The van der Waals surface area contributed by atoms with Crippen LogP contribution in [0.3, 0.4) is 0 Å². The standard InChI is InChI=1S/C10H9NO3/c11-7-10(6-3-9(13)14)4-1-8(12)2-5-10/h1-4,6,12H,5H2,(H,13,14). The zero-order valence-electron chi connectivity index (χ0n) is 7.34. The number of aliphatic carboxylic acids is 1. The van der Waals surface area contributed by atoms with E-state index >= 15 is 0 Å². The summed E-state index contributed by atoms with van der Waals surface area (Å²) in [5.41, 5.74) is -0.940. The van der Waals surface area contributed by atoms with E-state index in [0.717, 1.165) is 6.08 Å². The van der Waals surface area contributed by atoms with E-state index in [2.05, 4.69) is 0 Å². The van der Waals surface area contributed by atoms with E-state index in [4.69, 9.17) is 15.5 Å². The molecule has 0 spiro atoms. The Kier molecular flexibility index (Phi) is 2.73. The van der Waals surface area contributed by atoms with E-state index < -0.39 is 11.4 Å². The molecule has 1 aliphatic carbocycles. The molecule has 4 nitrogen and oxygen atoms in total. The molecule has 1 rings (SSSR count). The van der Waals surface area contributed by atoms with Gasteiger partial charge >= 0.3 is 5.97 Å². The van der Waals surface area contributed by atoms with Crippen LogP contribution < -0.4 is 0 Å². The van der Waals surface area contributed by atoms with E-state index in [9.17, 15) is 4.79 Å². The highest BCUT2D eigenvalue weighted by molar-refractivity contribution is 5.80. The number of carbonyl (C=O) groups is 1. The lowest BCUT2D eigenvalue weighted by Gasteiger charge is -2.19. The fourth-order valence-corrected chi connectivity index (χ4v) is 1.11. The number of nitriles is 1. The summed E-state index contributed by atoms with van der Waals surface area (Å²) in [6, 6.07) is 2.00. The molecule has 0 radical (unpaired) electrons. The van der Waals surface area contributed by atoms with Gasteiger partial charge in [0.25, 0.3) is 0 Å². The van der Waals surface area contributed by atoms with Crippen LogP contribution in [0.1, 0.15) is 6.42 Å². The highest BCUT2D eigenvalue weighted by Crippen LogP contribution is 2.29. The van der Waals surface area contributed by atoms with Crippen LogP contribution in [0.2, 0.25) is 0 Å². The Hall–Kier alpha value is -2.02. The highest BCUT2D eigenvalue weighted by Gasteiger charge is 2.25. The van der Waals surface area contributed by atoms with Crippen LogP contribution in [-0.2, 0) is 4.79 Å². The molecule has 0 bridgehead atoms. The zero-order chi connectivity index (χ0) is 10.6. The molecule has 1 aliphatic rings. The number of nitrogens with zero attached hydrogens (tertiary/aromatic N) is 1. The maximum Gasteiger partial charge on any atom is 0.328 e. The van der Waals surface area contributed by atoms with Crippen LogP contribution in [0.5, 0.6) is 0 Å². The van der Waals surface area contributed by atoms with Gasteiger partial charge in [0.15, 0.2) is 0 Å². The molecule has 0 saturated carbocycles. The van der Waals surface area contributed by atoms with Crippen molar-refractivity contribution < 1.29 is 15.0 Å². The SMILES string of the molecule is N#CC1(C=CC(=O)O)C=CC(O)=CC1. The summed E-state index contributed by atoms with van der Waals surface area (Å²) in [5.74, 6) is -0.994. The summed E-state index contributed by atoms with van der Waals surface area (Å²) < 4.78 is 0. The second kappa shape index (κ2) is 3.79. The predicted octanol–water partition coefficient (Wildman–Crippen LogP) is 1.54. The number of aliphatic hydroxyl groups is 1. The van der Waals surface area contributed by atoms with E-state index in [1.807, 2.05) is 6.07 Å². The van der Waals surface area contributed by atoms with Crippen molar-refractivity contribution in [2.75, 3.05) is 0 Å². The lowest BCUT2D eigenvalue weighted by molar-refractivity contribution is -0.131. The molecule has 0 saturated heterocycles. The quantitative estimate of drug-likeness (QED) is 0.648. The van der Waals surface area contributed by atoms with Crippen molar-refractivity contribution in [3.8, 4) is 6.07 Å². The Morgan fingerprint density at radius 2 is 2.43 bits per heavy atom. The first-order chi connectivity index (χ1) is 6.58. The van der Waals surface area contributed by atoms with E-state index in [0.29, 0.717) is 0 Å². The van der Waals surface area contributed by atoms with Gasteiger partial charge in [-0.25, -0.2) is 4.79 Å². The summed E-state index contributed by atoms with van der Waals surface area (Å²) in [4.78, 5) is 10.3. The molecule has 4 heteroatoms. The van der Waals surface area contributed by atoms with Crippen molar-refractivity contribution in [1.82, 2.24) is 0 Å². The largest absolute Gasteiger partial charge is 0.508 e. The maximum absolute atomic E-state index is 10.3. The predicted molar refractivity (Wildman–Crippen MR) is 49.3 cm³/mol. The summed E-state index contributed by atoms with van der Waals surface area (Å²) in [6.07, 6.45) is 6.89. The van der Waals surface area contributed by atoms with Gasteiger partial charge in [0.1, 0.15) is 5.76 Å². The molecule has 0 heterocycles. The number of carboxylic acid groups (broad SMARTS) is 1. The lowest BCUT2D eigenvalue weighted by Crippen LogP contribution is -2.14. The Balaban J connectivity index is 2.88. The molecule has 0 amide bonds. The van der Waals surface area contributed by atoms with Gasteiger partial charge in [-0.2, -0.15) is 5.26 Å². The van der Waals surface area contributed by atoms with E-state index in [1.54, 1.807) is 0 Å². The van der Waals surface area contributed by atoms with Gasteiger partial charge in [0.2, 0.25) is 0 Å². The zero-order valence-corrected chi connectivity index (χ0v) is 7.34. The minimum absolute atomic E-state index is 0.0969. The van der Waals surface area contributed by atoms with Crippen molar-refractivity contribution >= 4 is 5.97 Å². The lowest BCUT2D eigenvalue weighted by atomic mass is 9.82. The first kappa shape index (κ1) is 10.1. The second-order valence-electron chi connectivity index (χ2n) is 2.99. The summed E-state index contributed by atoms with van der Waals surface area (Å²) >= 11 is 0. The Morgan fingerprint density at radius 3 is 2.86 bits per heavy atom. The van der Waals surface area contributed by atoms with Gasteiger partial charge < -0.3 is 10.2 Å². The second-order valence-corrected chi connectivity index (χ2v) is 2.99. The first-order valence-electron chi connectivity index (χ1n) is 4.00. The molecule has 0 fully saturated rings. The highest BCUT2D eigenvalue weighted by atomic mass is 16.4. The Morgan fingerprint density at radius 1 is 1.71 bits per heavy atom. The summed E-state index contributed by atoms with van der Waals surface area (Å²) in [6.45, 7) is 0. The fourth-order valence-electron chi connectivity index (χ4n) is 1.11. The third-order valence-corrected chi connectivity index (χ3v) is 1.93. The van der Waals surface area contributed by atoms with E-state index in [1.165, 1.54) is 24.3 Å². The van der Waals surface area contributed by atoms with Gasteiger partial charge in [0.05, 0.1) is 11.5 Å². The van der Waals surface area contributed by atoms with Crippen molar-refractivity contribution in [3.05, 3.63) is 36.1 Å². The van der Waals surface area contributed by atoms with Gasteiger partial charge in [0, 0.05) is 6.08 Å². The van der Waals surface area contributed by atoms with Gasteiger partial charge in [-0.1, -0.05) is 12.2 Å². The molecule has 0 aromatic rings. The average Bonchev–Trinajstić information content (AvgIpc) is 2.18. The number of hydrogen-bond acceptors (Lipinski definition) is 3. The molecule has 0 aromatic heterocycles. The topological polar surface area (TPSA) is 81.3 Å². The fraction of sp³-hybridized carbons (Fsp3) is 0.200. The summed E-state index contributed by atoms with van der Waals surface area (Å²) in [7, 11) is 0. The Bertz CT molecular complexity index is 373. The van der Waals surface area contributed by atoms with Crippen LogP contribution in [0.25, 0.3) is 0 Å².